The van der Waals surface area contributed by atoms with Crippen LogP contribution >= 0.6 is 23.2 Å². The van der Waals surface area contributed by atoms with Crippen molar-refractivity contribution in [2.45, 2.75) is 38.6 Å². The van der Waals surface area contributed by atoms with Crippen LogP contribution in [0, 0.1) is 0 Å². The normalized spacial score (nSPS) is 18.1. The number of carbonyl (C=O) groups excluding carboxylic acids is 2. The lowest BCUT2D eigenvalue weighted by molar-refractivity contribution is -0.138. The summed E-state index contributed by atoms with van der Waals surface area (Å²) in [7, 11) is 0. The van der Waals surface area contributed by atoms with Crippen molar-refractivity contribution in [2.75, 3.05) is 13.2 Å². The molecule has 22 heavy (non-hydrogen) atoms. The lowest BCUT2D eigenvalue weighted by atomic mass is 10.00. The summed E-state index contributed by atoms with van der Waals surface area (Å²) in [5.74, 6) is -0.927. The SMILES string of the molecule is CCC1CCCCN1C(=O)COC(=O)c1nc(Cl)ccc1Cl. The number of aromatic nitrogens is 1. The first-order valence-corrected chi connectivity index (χ1v) is 8.07. The van der Waals surface area contributed by atoms with Crippen molar-refractivity contribution in [3.8, 4) is 0 Å². The Morgan fingerprint density at radius 2 is 2.14 bits per heavy atom. The van der Waals surface area contributed by atoms with Gasteiger partial charge in [0, 0.05) is 12.6 Å². The number of ether oxygens (including phenoxy) is 1. The average Bonchev–Trinajstić information content (AvgIpc) is 2.54. The number of esters is 1. The molecule has 120 valence electrons. The maximum atomic E-state index is 12.2. The molecule has 2 rings (SSSR count). The van der Waals surface area contributed by atoms with Crippen molar-refractivity contribution >= 4 is 35.1 Å². The van der Waals surface area contributed by atoms with E-state index in [1.807, 2.05) is 0 Å². The van der Waals surface area contributed by atoms with Gasteiger partial charge in [-0.1, -0.05) is 30.1 Å². The number of hydrogen-bond acceptors (Lipinski definition) is 4. The van der Waals surface area contributed by atoms with Gasteiger partial charge >= 0.3 is 5.97 Å². The van der Waals surface area contributed by atoms with Gasteiger partial charge in [-0.2, -0.15) is 0 Å². The Bertz CT molecular complexity index is 566. The number of hydrogen-bond donors (Lipinski definition) is 0. The van der Waals surface area contributed by atoms with E-state index in [1.54, 1.807) is 4.90 Å². The Morgan fingerprint density at radius 3 is 2.86 bits per heavy atom. The van der Waals surface area contributed by atoms with Crippen LogP contribution in [-0.2, 0) is 9.53 Å². The molecule has 0 aromatic carbocycles. The van der Waals surface area contributed by atoms with Crippen molar-refractivity contribution < 1.29 is 14.3 Å². The highest BCUT2D eigenvalue weighted by Gasteiger charge is 2.26. The van der Waals surface area contributed by atoms with Crippen LogP contribution in [0.3, 0.4) is 0 Å². The van der Waals surface area contributed by atoms with Crippen LogP contribution in [0.25, 0.3) is 0 Å². The minimum Gasteiger partial charge on any atom is -0.451 e. The first-order chi connectivity index (χ1) is 10.5. The molecule has 1 amide bonds. The molecule has 0 N–H and O–H groups in total. The van der Waals surface area contributed by atoms with E-state index in [2.05, 4.69) is 11.9 Å². The van der Waals surface area contributed by atoms with Crippen molar-refractivity contribution in [3.63, 3.8) is 0 Å². The van der Waals surface area contributed by atoms with Crippen LogP contribution in [0.5, 0.6) is 0 Å². The second-order valence-corrected chi connectivity index (χ2v) is 5.98. The molecule has 0 saturated carbocycles. The van der Waals surface area contributed by atoms with E-state index >= 15 is 0 Å². The fraction of sp³-hybridized carbons (Fsp3) is 0.533. The van der Waals surface area contributed by atoms with Gasteiger partial charge in [-0.15, -0.1) is 0 Å². The zero-order valence-corrected chi connectivity index (χ0v) is 13.9. The molecule has 1 saturated heterocycles. The summed E-state index contributed by atoms with van der Waals surface area (Å²) < 4.78 is 5.04. The predicted molar refractivity (Wildman–Crippen MR) is 84.2 cm³/mol. The van der Waals surface area contributed by atoms with Crippen molar-refractivity contribution in [1.82, 2.24) is 9.88 Å². The molecule has 1 aromatic heterocycles. The van der Waals surface area contributed by atoms with E-state index < -0.39 is 5.97 Å². The van der Waals surface area contributed by atoms with E-state index in [-0.39, 0.29) is 34.4 Å². The summed E-state index contributed by atoms with van der Waals surface area (Å²) in [6, 6.07) is 3.17. The fourth-order valence-electron chi connectivity index (χ4n) is 2.59. The molecule has 0 spiro atoms. The predicted octanol–water partition coefficient (Wildman–Crippen LogP) is 3.34. The van der Waals surface area contributed by atoms with Crippen molar-refractivity contribution in [1.29, 1.82) is 0 Å². The summed E-state index contributed by atoms with van der Waals surface area (Å²) in [5.41, 5.74) is -0.0762. The Morgan fingerprint density at radius 1 is 1.36 bits per heavy atom. The van der Waals surface area contributed by atoms with Gasteiger partial charge in [0.15, 0.2) is 12.3 Å². The number of amides is 1. The van der Waals surface area contributed by atoms with Crippen LogP contribution in [0.15, 0.2) is 12.1 Å². The number of rotatable bonds is 4. The smallest absolute Gasteiger partial charge is 0.359 e. The third-order valence-electron chi connectivity index (χ3n) is 3.75. The number of likely N-dealkylation sites (tertiary alicyclic amines) is 1. The third kappa shape index (κ3) is 4.11. The molecule has 1 aromatic rings. The lowest BCUT2D eigenvalue weighted by Crippen LogP contribution is -2.45. The fourth-order valence-corrected chi connectivity index (χ4v) is 2.92. The molecular weight excluding hydrogens is 327 g/mol. The Balaban J connectivity index is 1.95. The number of carbonyl (C=O) groups is 2. The number of piperidine rings is 1. The second kappa shape index (κ2) is 7.79. The molecule has 1 fully saturated rings. The Labute approximate surface area is 139 Å². The van der Waals surface area contributed by atoms with Crippen LogP contribution < -0.4 is 0 Å². The van der Waals surface area contributed by atoms with Crippen molar-refractivity contribution in [3.05, 3.63) is 28.0 Å². The van der Waals surface area contributed by atoms with Gasteiger partial charge in [-0.05, 0) is 37.8 Å². The van der Waals surface area contributed by atoms with Crippen LogP contribution in [-0.4, -0.2) is 41.0 Å². The van der Waals surface area contributed by atoms with E-state index in [1.165, 1.54) is 12.1 Å². The highest BCUT2D eigenvalue weighted by Crippen LogP contribution is 2.20. The minimum absolute atomic E-state index is 0.0762. The molecule has 1 unspecified atom stereocenters. The molecule has 7 heteroatoms. The summed E-state index contributed by atoms with van der Waals surface area (Å²) in [4.78, 5) is 29.8. The first-order valence-electron chi connectivity index (χ1n) is 7.31. The standard InChI is InChI=1S/C15H18Cl2N2O3/c1-2-10-5-3-4-8-19(10)13(20)9-22-15(21)14-11(16)6-7-12(17)18-14/h6-7,10H,2-5,8-9H2,1H3. The number of halogens is 2. The maximum Gasteiger partial charge on any atom is 0.359 e. The highest BCUT2D eigenvalue weighted by atomic mass is 35.5. The van der Waals surface area contributed by atoms with Gasteiger partial charge in [-0.25, -0.2) is 9.78 Å². The van der Waals surface area contributed by atoms with Gasteiger partial charge in [0.25, 0.3) is 5.91 Å². The largest absolute Gasteiger partial charge is 0.451 e. The van der Waals surface area contributed by atoms with Crippen molar-refractivity contribution in [2.24, 2.45) is 0 Å². The molecule has 5 nitrogen and oxygen atoms in total. The minimum atomic E-state index is -0.745. The van der Waals surface area contributed by atoms with Gasteiger partial charge in [0.2, 0.25) is 0 Å². The average molecular weight is 345 g/mol. The zero-order valence-electron chi connectivity index (χ0n) is 12.3. The maximum absolute atomic E-state index is 12.2. The molecule has 0 radical (unpaired) electrons. The summed E-state index contributed by atoms with van der Waals surface area (Å²) in [6.07, 6.45) is 4.02. The zero-order chi connectivity index (χ0) is 16.1. The van der Waals surface area contributed by atoms with Crippen LogP contribution in [0.1, 0.15) is 43.1 Å². The van der Waals surface area contributed by atoms with E-state index in [0.29, 0.717) is 6.54 Å². The van der Waals surface area contributed by atoms with E-state index in [0.717, 1.165) is 25.7 Å². The number of nitrogens with zero attached hydrogens (tertiary/aromatic N) is 2. The van der Waals surface area contributed by atoms with E-state index in [9.17, 15) is 9.59 Å². The molecule has 1 atom stereocenters. The molecule has 0 bridgehead atoms. The van der Waals surface area contributed by atoms with Gasteiger partial charge < -0.3 is 9.64 Å². The van der Waals surface area contributed by atoms with Gasteiger partial charge in [-0.3, -0.25) is 4.79 Å². The second-order valence-electron chi connectivity index (χ2n) is 5.19. The molecular formula is C15H18Cl2N2O3. The van der Waals surface area contributed by atoms with Gasteiger partial charge in [0.05, 0.1) is 5.02 Å². The Hall–Kier alpha value is -1.33. The summed E-state index contributed by atoms with van der Waals surface area (Å²) in [5, 5.41) is 0.288. The molecule has 0 aliphatic carbocycles. The van der Waals surface area contributed by atoms with Crippen LogP contribution in [0.2, 0.25) is 10.2 Å². The molecule has 1 aliphatic heterocycles. The highest BCUT2D eigenvalue weighted by molar-refractivity contribution is 6.34. The molecule has 2 heterocycles. The summed E-state index contributed by atoms with van der Waals surface area (Å²) >= 11 is 11.6. The van der Waals surface area contributed by atoms with E-state index in [4.69, 9.17) is 27.9 Å². The summed E-state index contributed by atoms with van der Waals surface area (Å²) in [6.45, 7) is 2.46. The first kappa shape index (κ1) is 17.0. The third-order valence-corrected chi connectivity index (χ3v) is 4.27. The molecule has 1 aliphatic rings. The monoisotopic (exact) mass is 344 g/mol. The van der Waals surface area contributed by atoms with Gasteiger partial charge in [0.1, 0.15) is 5.15 Å². The lowest BCUT2D eigenvalue weighted by Gasteiger charge is -2.35. The quantitative estimate of drug-likeness (QED) is 0.620. The Kier molecular flexibility index (Phi) is 6.03. The topological polar surface area (TPSA) is 59.5 Å². The van der Waals surface area contributed by atoms with Crippen LogP contribution in [0.4, 0.5) is 0 Å². The number of pyridine rings is 1.